The van der Waals surface area contributed by atoms with Gasteiger partial charge in [-0.15, -0.1) is 17.5 Å². The molecule has 9 heteroatoms. The zero-order valence-electron chi connectivity index (χ0n) is 12.6. The highest BCUT2D eigenvalue weighted by Gasteiger charge is 2.30. The molecule has 7 nitrogen and oxygen atoms in total. The molecule has 0 aliphatic heterocycles. The molecule has 1 aromatic heterocycles. The lowest BCUT2D eigenvalue weighted by Crippen LogP contribution is -2.18. The zero-order chi connectivity index (χ0) is 15.5. The van der Waals surface area contributed by atoms with Crippen molar-refractivity contribution in [1.82, 2.24) is 25.5 Å². The Hall–Kier alpha value is -1.70. The van der Waals surface area contributed by atoms with Crippen LogP contribution in [0.3, 0.4) is 0 Å². The predicted molar refractivity (Wildman–Crippen MR) is 90.6 cm³/mol. The summed E-state index contributed by atoms with van der Waals surface area (Å²) in [7, 11) is 1.81. The quantitative estimate of drug-likeness (QED) is 0.828. The molecular formula is C14H18Cl2N6O. The third-order valence-corrected chi connectivity index (χ3v) is 3.82. The fourth-order valence-electron chi connectivity index (χ4n) is 2.18. The minimum atomic E-state index is -0.0539. The van der Waals surface area contributed by atoms with Crippen molar-refractivity contribution in [1.29, 1.82) is 0 Å². The van der Waals surface area contributed by atoms with Crippen LogP contribution in [0.4, 0.5) is 5.69 Å². The average Bonchev–Trinajstić information content (AvgIpc) is 3.24. The molecule has 0 radical (unpaired) electrons. The van der Waals surface area contributed by atoms with Crippen molar-refractivity contribution >= 4 is 35.6 Å². The number of carbonyl (C=O) groups is 1. The Morgan fingerprint density at radius 2 is 2.22 bits per heavy atom. The van der Waals surface area contributed by atoms with E-state index in [-0.39, 0.29) is 18.3 Å². The molecule has 1 saturated carbocycles. The van der Waals surface area contributed by atoms with E-state index in [1.165, 1.54) is 0 Å². The van der Waals surface area contributed by atoms with E-state index in [0.717, 1.165) is 18.7 Å². The Kier molecular flexibility index (Phi) is 5.92. The van der Waals surface area contributed by atoms with Crippen LogP contribution in [0.5, 0.6) is 0 Å². The number of hydrogen-bond donors (Lipinski definition) is 2. The minimum absolute atomic E-state index is 0. The number of carbonyl (C=O) groups excluding carboxylic acids is 1. The molecule has 1 aromatic carbocycles. The van der Waals surface area contributed by atoms with Crippen LogP contribution in [0.1, 0.15) is 31.0 Å². The molecule has 0 spiro atoms. The van der Waals surface area contributed by atoms with Crippen LogP contribution in [0.25, 0.3) is 5.69 Å². The first-order valence-electron chi connectivity index (χ1n) is 7.21. The standard InChI is InChI=1S/C14H17ClN6O.ClH/c1-16-7-6-13(22)17-10-4-5-11(15)12(8-10)21-14(9-2-3-9)18-19-20-21;/h4-5,8-9,16H,2-3,6-7H2,1H3,(H,17,22);1H. The van der Waals surface area contributed by atoms with Crippen molar-refractivity contribution in [3.05, 3.63) is 29.0 Å². The third-order valence-electron chi connectivity index (χ3n) is 3.50. The predicted octanol–water partition coefficient (Wildman–Crippen LogP) is 2.16. The number of aromatic nitrogens is 4. The lowest BCUT2D eigenvalue weighted by Gasteiger charge is -2.10. The highest BCUT2D eigenvalue weighted by atomic mass is 35.5. The van der Waals surface area contributed by atoms with Crippen LogP contribution in [-0.4, -0.2) is 39.7 Å². The van der Waals surface area contributed by atoms with E-state index in [0.29, 0.717) is 35.3 Å². The molecule has 0 atom stereocenters. The summed E-state index contributed by atoms with van der Waals surface area (Å²) in [4.78, 5) is 11.8. The molecule has 23 heavy (non-hydrogen) atoms. The van der Waals surface area contributed by atoms with Gasteiger partial charge in [0.2, 0.25) is 5.91 Å². The Balaban J connectivity index is 0.00000192. The van der Waals surface area contributed by atoms with Crippen LogP contribution in [0, 0.1) is 0 Å². The van der Waals surface area contributed by atoms with E-state index in [9.17, 15) is 4.79 Å². The van der Waals surface area contributed by atoms with Crippen molar-refractivity contribution in [2.24, 2.45) is 0 Å². The summed E-state index contributed by atoms with van der Waals surface area (Å²) in [5, 5.41) is 18.2. The third kappa shape index (κ3) is 4.19. The summed E-state index contributed by atoms with van der Waals surface area (Å²) < 4.78 is 1.66. The largest absolute Gasteiger partial charge is 0.326 e. The summed E-state index contributed by atoms with van der Waals surface area (Å²) in [6.07, 6.45) is 2.60. The van der Waals surface area contributed by atoms with Gasteiger partial charge in [0.25, 0.3) is 0 Å². The zero-order valence-corrected chi connectivity index (χ0v) is 14.2. The van der Waals surface area contributed by atoms with Gasteiger partial charge in [0, 0.05) is 24.6 Å². The molecule has 1 heterocycles. The molecule has 124 valence electrons. The lowest BCUT2D eigenvalue weighted by atomic mass is 10.2. The number of hydrogen-bond acceptors (Lipinski definition) is 5. The smallest absolute Gasteiger partial charge is 0.225 e. The van der Waals surface area contributed by atoms with Crippen molar-refractivity contribution < 1.29 is 4.79 Å². The van der Waals surface area contributed by atoms with Crippen molar-refractivity contribution in [2.45, 2.75) is 25.2 Å². The summed E-state index contributed by atoms with van der Waals surface area (Å²) in [5.41, 5.74) is 1.36. The normalized spacial score (nSPS) is 13.5. The van der Waals surface area contributed by atoms with Gasteiger partial charge < -0.3 is 10.6 Å². The topological polar surface area (TPSA) is 84.7 Å². The van der Waals surface area contributed by atoms with Crippen molar-refractivity contribution in [2.75, 3.05) is 18.9 Å². The van der Waals surface area contributed by atoms with E-state index < -0.39 is 0 Å². The maximum atomic E-state index is 11.8. The molecule has 0 saturated heterocycles. The van der Waals surface area contributed by atoms with Gasteiger partial charge in [-0.3, -0.25) is 4.79 Å². The molecule has 0 unspecified atom stereocenters. The lowest BCUT2D eigenvalue weighted by molar-refractivity contribution is -0.116. The van der Waals surface area contributed by atoms with Gasteiger partial charge in [0.1, 0.15) is 0 Å². The number of rotatable bonds is 6. The van der Waals surface area contributed by atoms with E-state index in [1.807, 2.05) is 7.05 Å². The first-order chi connectivity index (χ1) is 10.7. The summed E-state index contributed by atoms with van der Waals surface area (Å²) >= 11 is 6.27. The van der Waals surface area contributed by atoms with Crippen LogP contribution in [0.2, 0.25) is 5.02 Å². The number of tetrazole rings is 1. The monoisotopic (exact) mass is 356 g/mol. The summed E-state index contributed by atoms with van der Waals surface area (Å²) in [5.74, 6) is 1.17. The van der Waals surface area contributed by atoms with Gasteiger partial charge in [-0.25, -0.2) is 0 Å². The molecule has 3 rings (SSSR count). The van der Waals surface area contributed by atoms with Crippen LogP contribution in [-0.2, 0) is 4.79 Å². The number of nitrogens with zero attached hydrogens (tertiary/aromatic N) is 4. The van der Waals surface area contributed by atoms with Crippen molar-refractivity contribution in [3.8, 4) is 5.69 Å². The highest BCUT2D eigenvalue weighted by molar-refractivity contribution is 6.32. The number of benzene rings is 1. The highest BCUT2D eigenvalue weighted by Crippen LogP contribution is 2.39. The Bertz CT molecular complexity index is 686. The van der Waals surface area contributed by atoms with Gasteiger partial charge >= 0.3 is 0 Å². The first-order valence-corrected chi connectivity index (χ1v) is 7.59. The van der Waals surface area contributed by atoms with Gasteiger partial charge in [-0.2, -0.15) is 4.68 Å². The maximum Gasteiger partial charge on any atom is 0.225 e. The van der Waals surface area contributed by atoms with Crippen molar-refractivity contribution in [3.63, 3.8) is 0 Å². The Morgan fingerprint density at radius 1 is 1.43 bits per heavy atom. The van der Waals surface area contributed by atoms with Crippen LogP contribution >= 0.6 is 24.0 Å². The fourth-order valence-corrected chi connectivity index (χ4v) is 2.37. The molecule has 2 aromatic rings. The second kappa shape index (κ2) is 7.72. The minimum Gasteiger partial charge on any atom is -0.326 e. The molecular weight excluding hydrogens is 339 g/mol. The Labute approximate surface area is 145 Å². The van der Waals surface area contributed by atoms with E-state index in [1.54, 1.807) is 22.9 Å². The summed E-state index contributed by atoms with van der Waals surface area (Å²) in [6, 6.07) is 5.30. The molecule has 1 aliphatic rings. The van der Waals surface area contributed by atoms with Gasteiger partial charge in [-0.05, 0) is 48.5 Å². The molecule has 1 amide bonds. The fraction of sp³-hybridized carbons (Fsp3) is 0.429. The van der Waals surface area contributed by atoms with Gasteiger partial charge in [-0.1, -0.05) is 11.6 Å². The Morgan fingerprint density at radius 3 is 2.91 bits per heavy atom. The van der Waals surface area contributed by atoms with E-state index >= 15 is 0 Å². The number of amides is 1. The first kappa shape index (κ1) is 17.7. The van der Waals surface area contributed by atoms with Gasteiger partial charge in [0.15, 0.2) is 5.82 Å². The van der Waals surface area contributed by atoms with E-state index in [4.69, 9.17) is 11.6 Å². The number of anilines is 1. The second-order valence-corrected chi connectivity index (χ2v) is 5.70. The van der Waals surface area contributed by atoms with Crippen LogP contribution < -0.4 is 10.6 Å². The molecule has 1 aliphatic carbocycles. The SMILES string of the molecule is CNCCC(=O)Nc1ccc(Cl)c(-n2nnnc2C2CC2)c1.Cl. The van der Waals surface area contributed by atoms with E-state index in [2.05, 4.69) is 26.2 Å². The van der Waals surface area contributed by atoms with Crippen LogP contribution in [0.15, 0.2) is 18.2 Å². The second-order valence-electron chi connectivity index (χ2n) is 5.29. The number of halogens is 2. The number of nitrogens with one attached hydrogen (secondary N) is 2. The van der Waals surface area contributed by atoms with Gasteiger partial charge in [0.05, 0.1) is 10.7 Å². The molecule has 1 fully saturated rings. The molecule has 0 bridgehead atoms. The maximum absolute atomic E-state index is 11.8. The average molecular weight is 357 g/mol. The summed E-state index contributed by atoms with van der Waals surface area (Å²) in [6.45, 7) is 0.630. The molecule has 2 N–H and O–H groups in total.